The number of alkyl halides is 4. The number of hydrogen-bond acceptors (Lipinski definition) is 3. The molecular formula is C14H24Cl2F2N2O. The first-order valence-electron chi connectivity index (χ1n) is 7.60. The van der Waals surface area contributed by atoms with Gasteiger partial charge in [-0.2, -0.15) is 0 Å². The standard InChI is InChI=1S/C14H24Cl2F2N2O/c15-10-5-9(12(21)6-11(10)16)14(19)8-1-3-20(4-2-8)7-13(17)18/h8-14,21H,1-7,19H2. The van der Waals surface area contributed by atoms with E-state index in [9.17, 15) is 13.9 Å². The SMILES string of the molecule is NC(C1CCN(CC(F)F)CC1)C1CC(Cl)C(Cl)CC1O. The molecule has 0 aromatic heterocycles. The van der Waals surface area contributed by atoms with Crippen molar-refractivity contribution in [2.45, 2.75) is 55.0 Å². The van der Waals surface area contributed by atoms with Crippen molar-refractivity contribution in [1.82, 2.24) is 4.90 Å². The Bertz CT molecular complexity index is 330. The predicted molar refractivity (Wildman–Crippen MR) is 81.2 cm³/mol. The summed E-state index contributed by atoms with van der Waals surface area (Å²) >= 11 is 12.3. The third-order valence-corrected chi connectivity index (χ3v) is 6.01. The van der Waals surface area contributed by atoms with Gasteiger partial charge in [-0.3, -0.25) is 4.90 Å². The van der Waals surface area contributed by atoms with Crippen LogP contribution in [0, 0.1) is 11.8 Å². The molecule has 1 aliphatic heterocycles. The number of aliphatic hydroxyl groups excluding tert-OH is 1. The van der Waals surface area contributed by atoms with Crippen molar-refractivity contribution in [2.24, 2.45) is 17.6 Å². The lowest BCUT2D eigenvalue weighted by Crippen LogP contribution is -2.51. The molecule has 3 N–H and O–H groups in total. The molecule has 0 bridgehead atoms. The minimum Gasteiger partial charge on any atom is -0.393 e. The zero-order valence-corrected chi connectivity index (χ0v) is 13.5. The molecular weight excluding hydrogens is 321 g/mol. The van der Waals surface area contributed by atoms with Gasteiger partial charge in [-0.1, -0.05) is 0 Å². The van der Waals surface area contributed by atoms with Gasteiger partial charge in [0.15, 0.2) is 0 Å². The van der Waals surface area contributed by atoms with Gasteiger partial charge in [0.2, 0.25) is 0 Å². The van der Waals surface area contributed by atoms with Crippen molar-refractivity contribution >= 4 is 23.2 Å². The Hall–Kier alpha value is 0.320. The fraction of sp³-hybridized carbons (Fsp3) is 1.00. The van der Waals surface area contributed by atoms with E-state index in [1.807, 2.05) is 0 Å². The molecule has 3 nitrogen and oxygen atoms in total. The summed E-state index contributed by atoms with van der Waals surface area (Å²) in [6.45, 7) is 1.13. The quantitative estimate of drug-likeness (QED) is 0.769. The first-order chi connectivity index (χ1) is 9.88. The fourth-order valence-corrected chi connectivity index (χ4v) is 4.19. The molecule has 7 heteroatoms. The summed E-state index contributed by atoms with van der Waals surface area (Å²) in [7, 11) is 0. The summed E-state index contributed by atoms with van der Waals surface area (Å²) in [5, 5.41) is 9.82. The van der Waals surface area contributed by atoms with E-state index in [4.69, 9.17) is 28.9 Å². The molecule has 0 spiro atoms. The summed E-state index contributed by atoms with van der Waals surface area (Å²) in [4.78, 5) is 1.78. The van der Waals surface area contributed by atoms with E-state index in [0.29, 0.717) is 25.9 Å². The molecule has 0 amide bonds. The van der Waals surface area contributed by atoms with Crippen molar-refractivity contribution in [2.75, 3.05) is 19.6 Å². The fourth-order valence-electron chi connectivity index (χ4n) is 3.60. The van der Waals surface area contributed by atoms with Crippen LogP contribution in [0.2, 0.25) is 0 Å². The Balaban J connectivity index is 1.85. The lowest BCUT2D eigenvalue weighted by atomic mass is 9.74. The van der Waals surface area contributed by atoms with Crippen molar-refractivity contribution in [3.63, 3.8) is 0 Å². The number of piperidine rings is 1. The molecule has 5 unspecified atom stereocenters. The summed E-state index contributed by atoms with van der Waals surface area (Å²) in [6.07, 6.45) is -0.110. The second-order valence-corrected chi connectivity index (χ2v) is 7.46. The highest BCUT2D eigenvalue weighted by atomic mass is 35.5. The Labute approximate surface area is 134 Å². The highest BCUT2D eigenvalue weighted by Crippen LogP contribution is 2.36. The van der Waals surface area contributed by atoms with Crippen LogP contribution < -0.4 is 5.73 Å². The van der Waals surface area contributed by atoms with E-state index in [0.717, 1.165) is 12.8 Å². The third-order valence-electron chi connectivity index (χ3n) is 4.92. The molecule has 2 aliphatic rings. The number of hydrogen-bond donors (Lipinski definition) is 2. The van der Waals surface area contributed by atoms with Gasteiger partial charge >= 0.3 is 0 Å². The number of nitrogens with zero attached hydrogens (tertiary/aromatic N) is 1. The summed E-state index contributed by atoms with van der Waals surface area (Å²) in [5.41, 5.74) is 6.34. The van der Waals surface area contributed by atoms with E-state index in [2.05, 4.69) is 0 Å². The van der Waals surface area contributed by atoms with Gasteiger partial charge in [0.25, 0.3) is 6.43 Å². The van der Waals surface area contributed by atoms with Crippen LogP contribution >= 0.6 is 23.2 Å². The number of nitrogens with two attached hydrogens (primary N) is 1. The van der Waals surface area contributed by atoms with Crippen LogP contribution in [0.4, 0.5) is 8.78 Å². The first-order valence-corrected chi connectivity index (χ1v) is 8.48. The van der Waals surface area contributed by atoms with Gasteiger partial charge < -0.3 is 10.8 Å². The monoisotopic (exact) mass is 344 g/mol. The lowest BCUT2D eigenvalue weighted by Gasteiger charge is -2.42. The second kappa shape index (κ2) is 7.73. The van der Waals surface area contributed by atoms with E-state index in [1.54, 1.807) is 4.90 Å². The Kier molecular flexibility index (Phi) is 6.51. The maximum absolute atomic E-state index is 12.4. The number of rotatable bonds is 4. The number of aliphatic hydroxyl groups is 1. The van der Waals surface area contributed by atoms with Crippen LogP contribution in [-0.4, -0.2) is 59.0 Å². The molecule has 124 valence electrons. The molecule has 1 saturated heterocycles. The number of likely N-dealkylation sites (tertiary alicyclic amines) is 1. The molecule has 1 aliphatic carbocycles. The van der Waals surface area contributed by atoms with E-state index in [1.165, 1.54) is 0 Å². The van der Waals surface area contributed by atoms with Crippen LogP contribution in [0.15, 0.2) is 0 Å². The lowest BCUT2D eigenvalue weighted by molar-refractivity contribution is 0.0271. The highest BCUT2D eigenvalue weighted by Gasteiger charge is 2.40. The largest absolute Gasteiger partial charge is 0.393 e. The van der Waals surface area contributed by atoms with Gasteiger partial charge in [0, 0.05) is 12.0 Å². The summed E-state index contributed by atoms with van der Waals surface area (Å²) in [5.74, 6) is 0.212. The summed E-state index contributed by atoms with van der Waals surface area (Å²) < 4.78 is 24.7. The first kappa shape index (κ1) is 17.7. The zero-order chi connectivity index (χ0) is 15.6. The molecule has 1 heterocycles. The normalized spacial score (nSPS) is 37.9. The Morgan fingerprint density at radius 1 is 1.14 bits per heavy atom. The van der Waals surface area contributed by atoms with E-state index in [-0.39, 0.29) is 35.2 Å². The molecule has 21 heavy (non-hydrogen) atoms. The van der Waals surface area contributed by atoms with Crippen LogP contribution in [-0.2, 0) is 0 Å². The van der Waals surface area contributed by atoms with Crippen molar-refractivity contribution in [1.29, 1.82) is 0 Å². The number of halogens is 4. The van der Waals surface area contributed by atoms with Gasteiger partial charge in [0.1, 0.15) is 0 Å². The molecule has 1 saturated carbocycles. The van der Waals surface area contributed by atoms with Crippen molar-refractivity contribution in [3.8, 4) is 0 Å². The van der Waals surface area contributed by atoms with Crippen molar-refractivity contribution < 1.29 is 13.9 Å². The average Bonchev–Trinajstić information content (AvgIpc) is 2.42. The second-order valence-electron chi connectivity index (χ2n) is 6.34. The molecule has 0 aromatic rings. The van der Waals surface area contributed by atoms with Crippen LogP contribution in [0.1, 0.15) is 25.7 Å². The summed E-state index contributed by atoms with van der Waals surface area (Å²) in [6, 6.07) is -0.140. The third kappa shape index (κ3) is 4.64. The minimum atomic E-state index is -2.28. The predicted octanol–water partition coefficient (Wildman–Crippen LogP) is 2.28. The highest BCUT2D eigenvalue weighted by molar-refractivity contribution is 6.30. The molecule has 2 rings (SSSR count). The van der Waals surface area contributed by atoms with Gasteiger partial charge in [-0.05, 0) is 44.7 Å². The van der Waals surface area contributed by atoms with E-state index >= 15 is 0 Å². The van der Waals surface area contributed by atoms with Gasteiger partial charge in [-0.15, -0.1) is 23.2 Å². The molecule has 5 atom stereocenters. The van der Waals surface area contributed by atoms with Crippen LogP contribution in [0.3, 0.4) is 0 Å². The van der Waals surface area contributed by atoms with Crippen LogP contribution in [0.5, 0.6) is 0 Å². The topological polar surface area (TPSA) is 49.5 Å². The average molecular weight is 345 g/mol. The zero-order valence-electron chi connectivity index (χ0n) is 12.0. The molecule has 0 radical (unpaired) electrons. The smallest absolute Gasteiger partial charge is 0.251 e. The molecule has 2 fully saturated rings. The van der Waals surface area contributed by atoms with Crippen LogP contribution in [0.25, 0.3) is 0 Å². The van der Waals surface area contributed by atoms with E-state index < -0.39 is 12.5 Å². The van der Waals surface area contributed by atoms with Crippen molar-refractivity contribution in [3.05, 3.63) is 0 Å². The van der Waals surface area contributed by atoms with Gasteiger partial charge in [0.05, 0.1) is 23.4 Å². The maximum Gasteiger partial charge on any atom is 0.251 e. The minimum absolute atomic E-state index is 0.0471. The van der Waals surface area contributed by atoms with Gasteiger partial charge in [-0.25, -0.2) is 8.78 Å². The maximum atomic E-state index is 12.4. The Morgan fingerprint density at radius 2 is 1.71 bits per heavy atom. The Morgan fingerprint density at radius 3 is 2.29 bits per heavy atom. The molecule has 0 aromatic carbocycles.